The molecule has 1 N–H and O–H groups in total. The fourth-order valence-corrected chi connectivity index (χ4v) is 2.55. The standard InChI is InChI=1S/C20H26N2O3/c1-15-17(11-13-25-15)19(24)22(14-16-8-6-5-7-9-16)12-10-18(23)21-20(2,3)4/h5-9,11,13H,10,12,14H2,1-4H3,(H,21,23). The van der Waals surface area contributed by atoms with Gasteiger partial charge in [0.05, 0.1) is 11.8 Å². The van der Waals surface area contributed by atoms with Crippen molar-refractivity contribution >= 4 is 11.8 Å². The Balaban J connectivity index is 2.10. The van der Waals surface area contributed by atoms with Crippen molar-refractivity contribution in [3.05, 3.63) is 59.5 Å². The molecule has 1 aromatic heterocycles. The molecule has 25 heavy (non-hydrogen) atoms. The zero-order chi connectivity index (χ0) is 18.4. The highest BCUT2D eigenvalue weighted by atomic mass is 16.3. The quantitative estimate of drug-likeness (QED) is 0.873. The van der Waals surface area contributed by atoms with E-state index in [-0.39, 0.29) is 23.8 Å². The molecule has 1 heterocycles. The summed E-state index contributed by atoms with van der Waals surface area (Å²) in [5.74, 6) is 0.392. The predicted molar refractivity (Wildman–Crippen MR) is 97.1 cm³/mol. The molecule has 2 aromatic rings. The minimum Gasteiger partial charge on any atom is -0.469 e. The summed E-state index contributed by atoms with van der Waals surface area (Å²) in [5, 5.41) is 2.93. The SMILES string of the molecule is Cc1occc1C(=O)N(CCC(=O)NC(C)(C)C)Cc1ccccc1. The van der Waals surface area contributed by atoms with E-state index in [0.29, 0.717) is 24.4 Å². The summed E-state index contributed by atoms with van der Waals surface area (Å²) in [6.07, 6.45) is 1.77. The molecular formula is C20H26N2O3. The van der Waals surface area contributed by atoms with Crippen LogP contribution in [0.4, 0.5) is 0 Å². The number of furan rings is 1. The molecule has 0 fully saturated rings. The van der Waals surface area contributed by atoms with Gasteiger partial charge in [0, 0.05) is 25.0 Å². The minimum absolute atomic E-state index is 0.0673. The monoisotopic (exact) mass is 342 g/mol. The predicted octanol–water partition coefficient (Wildman–Crippen LogP) is 3.54. The van der Waals surface area contributed by atoms with Gasteiger partial charge in [-0.2, -0.15) is 0 Å². The number of carbonyl (C=O) groups is 2. The van der Waals surface area contributed by atoms with E-state index >= 15 is 0 Å². The maximum absolute atomic E-state index is 12.9. The molecule has 134 valence electrons. The van der Waals surface area contributed by atoms with Crippen molar-refractivity contribution in [1.82, 2.24) is 10.2 Å². The highest BCUT2D eigenvalue weighted by Gasteiger charge is 2.21. The van der Waals surface area contributed by atoms with E-state index in [2.05, 4.69) is 5.32 Å². The molecular weight excluding hydrogens is 316 g/mol. The molecule has 0 aliphatic heterocycles. The summed E-state index contributed by atoms with van der Waals surface area (Å²) in [6, 6.07) is 11.4. The molecule has 0 unspecified atom stereocenters. The first-order valence-electron chi connectivity index (χ1n) is 8.44. The van der Waals surface area contributed by atoms with Crippen LogP contribution in [0.5, 0.6) is 0 Å². The smallest absolute Gasteiger partial charge is 0.257 e. The molecule has 0 saturated carbocycles. The van der Waals surface area contributed by atoms with Gasteiger partial charge in [-0.15, -0.1) is 0 Å². The second-order valence-corrected chi connectivity index (χ2v) is 7.15. The van der Waals surface area contributed by atoms with Crippen LogP contribution >= 0.6 is 0 Å². The van der Waals surface area contributed by atoms with Crippen molar-refractivity contribution in [2.24, 2.45) is 0 Å². The van der Waals surface area contributed by atoms with Gasteiger partial charge in [-0.05, 0) is 39.3 Å². The van der Waals surface area contributed by atoms with Crippen LogP contribution in [-0.2, 0) is 11.3 Å². The van der Waals surface area contributed by atoms with E-state index in [1.54, 1.807) is 17.9 Å². The average Bonchev–Trinajstić information content (AvgIpc) is 2.96. The lowest BCUT2D eigenvalue weighted by Gasteiger charge is -2.24. The lowest BCUT2D eigenvalue weighted by Crippen LogP contribution is -2.42. The maximum atomic E-state index is 12.9. The van der Waals surface area contributed by atoms with Crippen molar-refractivity contribution in [3.63, 3.8) is 0 Å². The highest BCUT2D eigenvalue weighted by molar-refractivity contribution is 5.95. The van der Waals surface area contributed by atoms with E-state index in [0.717, 1.165) is 5.56 Å². The van der Waals surface area contributed by atoms with Gasteiger partial charge >= 0.3 is 0 Å². The van der Waals surface area contributed by atoms with Crippen LogP contribution in [0.15, 0.2) is 47.1 Å². The largest absolute Gasteiger partial charge is 0.469 e. The van der Waals surface area contributed by atoms with E-state index in [4.69, 9.17) is 4.42 Å². The fraction of sp³-hybridized carbons (Fsp3) is 0.400. The van der Waals surface area contributed by atoms with E-state index < -0.39 is 0 Å². The number of hydrogen-bond donors (Lipinski definition) is 1. The number of benzene rings is 1. The topological polar surface area (TPSA) is 62.6 Å². The molecule has 2 rings (SSSR count). The Morgan fingerprint density at radius 1 is 1.12 bits per heavy atom. The molecule has 0 spiro atoms. The van der Waals surface area contributed by atoms with Gasteiger partial charge in [0.25, 0.3) is 5.91 Å². The van der Waals surface area contributed by atoms with Crippen LogP contribution in [-0.4, -0.2) is 28.8 Å². The van der Waals surface area contributed by atoms with Crippen molar-refractivity contribution in [2.45, 2.75) is 46.2 Å². The second kappa shape index (κ2) is 8.01. The third-order valence-corrected chi connectivity index (χ3v) is 3.72. The fourth-order valence-electron chi connectivity index (χ4n) is 2.55. The Morgan fingerprint density at radius 3 is 2.36 bits per heavy atom. The zero-order valence-electron chi connectivity index (χ0n) is 15.3. The summed E-state index contributed by atoms with van der Waals surface area (Å²) in [7, 11) is 0. The first kappa shape index (κ1) is 18.8. The zero-order valence-corrected chi connectivity index (χ0v) is 15.3. The number of nitrogens with zero attached hydrogens (tertiary/aromatic N) is 1. The van der Waals surface area contributed by atoms with Crippen LogP contribution in [0.2, 0.25) is 0 Å². The Kier molecular flexibility index (Phi) is 6.02. The van der Waals surface area contributed by atoms with Gasteiger partial charge in [0.15, 0.2) is 0 Å². The molecule has 5 heteroatoms. The summed E-state index contributed by atoms with van der Waals surface area (Å²) >= 11 is 0. The van der Waals surface area contributed by atoms with E-state index in [1.165, 1.54) is 6.26 Å². The molecule has 0 aliphatic rings. The van der Waals surface area contributed by atoms with Gasteiger partial charge in [-0.3, -0.25) is 9.59 Å². The minimum atomic E-state index is -0.285. The third kappa shape index (κ3) is 5.78. The first-order chi connectivity index (χ1) is 11.8. The Bertz CT molecular complexity index is 714. The van der Waals surface area contributed by atoms with Crippen molar-refractivity contribution < 1.29 is 14.0 Å². The number of amides is 2. The van der Waals surface area contributed by atoms with Gasteiger partial charge in [0.2, 0.25) is 5.91 Å². The highest BCUT2D eigenvalue weighted by Crippen LogP contribution is 2.15. The molecule has 1 aromatic carbocycles. The first-order valence-corrected chi connectivity index (χ1v) is 8.44. The van der Waals surface area contributed by atoms with Crippen molar-refractivity contribution in [3.8, 4) is 0 Å². The van der Waals surface area contributed by atoms with Crippen LogP contribution in [0.25, 0.3) is 0 Å². The normalized spacial score (nSPS) is 11.2. The second-order valence-electron chi connectivity index (χ2n) is 7.15. The molecule has 0 saturated heterocycles. The Morgan fingerprint density at radius 2 is 1.80 bits per heavy atom. The van der Waals surface area contributed by atoms with Gasteiger partial charge in [-0.25, -0.2) is 0 Å². The number of rotatable bonds is 6. The molecule has 0 radical (unpaired) electrons. The van der Waals surface area contributed by atoms with E-state index in [1.807, 2.05) is 51.1 Å². The summed E-state index contributed by atoms with van der Waals surface area (Å²) < 4.78 is 5.25. The third-order valence-electron chi connectivity index (χ3n) is 3.72. The lowest BCUT2D eigenvalue weighted by molar-refractivity contribution is -0.122. The number of aryl methyl sites for hydroxylation is 1. The van der Waals surface area contributed by atoms with Crippen LogP contribution in [0.1, 0.15) is 48.9 Å². The Hall–Kier alpha value is -2.56. The number of hydrogen-bond acceptors (Lipinski definition) is 3. The summed E-state index contributed by atoms with van der Waals surface area (Å²) in [4.78, 5) is 26.7. The van der Waals surface area contributed by atoms with Gasteiger partial charge < -0.3 is 14.6 Å². The van der Waals surface area contributed by atoms with Crippen molar-refractivity contribution in [1.29, 1.82) is 0 Å². The average molecular weight is 342 g/mol. The number of nitrogens with one attached hydrogen (secondary N) is 1. The van der Waals surface area contributed by atoms with Crippen molar-refractivity contribution in [2.75, 3.05) is 6.54 Å². The van der Waals surface area contributed by atoms with Crippen LogP contribution in [0.3, 0.4) is 0 Å². The Labute approximate surface area is 149 Å². The van der Waals surface area contributed by atoms with Crippen LogP contribution < -0.4 is 5.32 Å². The lowest BCUT2D eigenvalue weighted by atomic mass is 10.1. The molecule has 2 amide bonds. The van der Waals surface area contributed by atoms with Gasteiger partial charge in [-0.1, -0.05) is 30.3 Å². The number of carbonyl (C=O) groups excluding carboxylic acids is 2. The van der Waals surface area contributed by atoms with Gasteiger partial charge in [0.1, 0.15) is 5.76 Å². The summed E-state index contributed by atoms with van der Waals surface area (Å²) in [6.45, 7) is 8.37. The molecule has 0 aliphatic carbocycles. The summed E-state index contributed by atoms with van der Waals surface area (Å²) in [5.41, 5.74) is 1.27. The van der Waals surface area contributed by atoms with Crippen LogP contribution in [0, 0.1) is 6.92 Å². The van der Waals surface area contributed by atoms with E-state index in [9.17, 15) is 9.59 Å². The molecule has 0 atom stereocenters. The molecule has 0 bridgehead atoms. The molecule has 5 nitrogen and oxygen atoms in total. The maximum Gasteiger partial charge on any atom is 0.257 e.